The van der Waals surface area contributed by atoms with Crippen LogP contribution in [-0.4, -0.2) is 18.1 Å². The topological polar surface area (TPSA) is 64.3 Å². The van der Waals surface area contributed by atoms with E-state index in [1.807, 2.05) is 26.0 Å². The minimum atomic E-state index is -0.421. The van der Waals surface area contributed by atoms with E-state index in [0.29, 0.717) is 5.69 Å². The Morgan fingerprint density at radius 1 is 1.35 bits per heavy atom. The number of benzene rings is 1. The molecule has 1 aromatic carbocycles. The van der Waals surface area contributed by atoms with E-state index in [0.717, 1.165) is 24.1 Å². The lowest BCUT2D eigenvalue weighted by molar-refractivity contribution is -0.131. The zero-order chi connectivity index (χ0) is 14.5. The van der Waals surface area contributed by atoms with Crippen molar-refractivity contribution >= 4 is 17.3 Å². The summed E-state index contributed by atoms with van der Waals surface area (Å²) in [5.41, 5.74) is 8.16. The highest BCUT2D eigenvalue weighted by Gasteiger charge is 2.21. The number of rotatable bonds is 4. The molecular weight excluding hydrogens is 252 g/mol. The Balaban J connectivity index is 1.89. The second-order valence-corrected chi connectivity index (χ2v) is 5.60. The zero-order valence-electron chi connectivity index (χ0n) is 12.3. The minimum Gasteiger partial charge on any atom is -0.399 e. The normalized spacial score (nSPS) is 17.7. The molecule has 0 aromatic heterocycles. The van der Waals surface area contributed by atoms with Gasteiger partial charge in [0.2, 0.25) is 0 Å². The Morgan fingerprint density at radius 3 is 2.70 bits per heavy atom. The smallest absolute Gasteiger partial charge is 0.253 e. The van der Waals surface area contributed by atoms with Gasteiger partial charge in [-0.1, -0.05) is 19.3 Å². The standard InChI is InChI=1S/C16H24N2O2/c1-11-10-13(17)8-9-15(11)18-16(19)12(2)20-14-6-4-3-5-7-14/h8-10,12,14H,3-7,17H2,1-2H3,(H,18,19). The summed E-state index contributed by atoms with van der Waals surface area (Å²) in [7, 11) is 0. The maximum atomic E-state index is 12.2. The van der Waals surface area contributed by atoms with Crippen molar-refractivity contribution in [2.75, 3.05) is 11.1 Å². The molecule has 1 atom stereocenters. The lowest BCUT2D eigenvalue weighted by Gasteiger charge is -2.25. The molecule has 0 bridgehead atoms. The number of hydrogen-bond acceptors (Lipinski definition) is 3. The van der Waals surface area contributed by atoms with Gasteiger partial charge in [0.15, 0.2) is 0 Å². The third-order valence-corrected chi connectivity index (χ3v) is 3.83. The molecule has 3 N–H and O–H groups in total. The predicted molar refractivity (Wildman–Crippen MR) is 81.6 cm³/mol. The quantitative estimate of drug-likeness (QED) is 0.830. The summed E-state index contributed by atoms with van der Waals surface area (Å²) in [4.78, 5) is 12.2. The second kappa shape index (κ2) is 6.75. The van der Waals surface area contributed by atoms with Gasteiger partial charge in [0, 0.05) is 11.4 Å². The number of carbonyl (C=O) groups excluding carboxylic acids is 1. The van der Waals surface area contributed by atoms with Crippen LogP contribution in [0.15, 0.2) is 18.2 Å². The molecule has 1 fully saturated rings. The van der Waals surface area contributed by atoms with Crippen molar-refractivity contribution in [2.24, 2.45) is 0 Å². The molecule has 4 heteroatoms. The van der Waals surface area contributed by atoms with Crippen LogP contribution < -0.4 is 11.1 Å². The number of hydrogen-bond donors (Lipinski definition) is 2. The van der Waals surface area contributed by atoms with Crippen LogP contribution in [-0.2, 0) is 9.53 Å². The molecule has 0 radical (unpaired) electrons. The number of carbonyl (C=O) groups is 1. The van der Waals surface area contributed by atoms with E-state index in [1.165, 1.54) is 19.3 Å². The SMILES string of the molecule is Cc1cc(N)ccc1NC(=O)C(C)OC1CCCCC1. The number of aryl methyl sites for hydroxylation is 1. The predicted octanol–water partition coefficient (Wildman–Crippen LogP) is 3.25. The first-order valence-electron chi connectivity index (χ1n) is 7.38. The van der Waals surface area contributed by atoms with E-state index < -0.39 is 6.10 Å². The third-order valence-electron chi connectivity index (χ3n) is 3.83. The monoisotopic (exact) mass is 276 g/mol. The Hall–Kier alpha value is -1.55. The fourth-order valence-electron chi connectivity index (χ4n) is 2.61. The first-order valence-corrected chi connectivity index (χ1v) is 7.38. The molecule has 4 nitrogen and oxygen atoms in total. The summed E-state index contributed by atoms with van der Waals surface area (Å²) in [5.74, 6) is -0.0940. The summed E-state index contributed by atoms with van der Waals surface area (Å²) in [6.45, 7) is 3.75. The van der Waals surface area contributed by atoms with E-state index in [9.17, 15) is 4.79 Å². The average molecular weight is 276 g/mol. The molecule has 1 unspecified atom stereocenters. The zero-order valence-corrected chi connectivity index (χ0v) is 12.3. The van der Waals surface area contributed by atoms with Crippen LogP contribution in [0.25, 0.3) is 0 Å². The van der Waals surface area contributed by atoms with E-state index in [4.69, 9.17) is 10.5 Å². The molecule has 0 heterocycles. The molecule has 1 amide bonds. The maximum Gasteiger partial charge on any atom is 0.253 e. The van der Waals surface area contributed by atoms with Gasteiger partial charge in [-0.2, -0.15) is 0 Å². The average Bonchev–Trinajstić information content (AvgIpc) is 2.43. The van der Waals surface area contributed by atoms with Crippen LogP contribution in [0.4, 0.5) is 11.4 Å². The first-order chi connectivity index (χ1) is 9.56. The molecule has 0 saturated heterocycles. The van der Waals surface area contributed by atoms with Crippen molar-refractivity contribution in [1.82, 2.24) is 0 Å². The van der Waals surface area contributed by atoms with Crippen molar-refractivity contribution in [3.05, 3.63) is 23.8 Å². The highest BCUT2D eigenvalue weighted by Crippen LogP contribution is 2.22. The van der Waals surface area contributed by atoms with E-state index >= 15 is 0 Å². The van der Waals surface area contributed by atoms with Crippen LogP contribution in [0.1, 0.15) is 44.6 Å². The number of nitrogen functional groups attached to an aromatic ring is 1. The van der Waals surface area contributed by atoms with E-state index in [2.05, 4.69) is 5.32 Å². The van der Waals surface area contributed by atoms with Gasteiger partial charge in [-0.05, 0) is 50.5 Å². The molecule has 0 spiro atoms. The maximum absolute atomic E-state index is 12.2. The molecular formula is C16H24N2O2. The van der Waals surface area contributed by atoms with Crippen molar-refractivity contribution in [2.45, 2.75) is 58.2 Å². The van der Waals surface area contributed by atoms with Crippen LogP contribution in [0, 0.1) is 6.92 Å². The van der Waals surface area contributed by atoms with Crippen LogP contribution in [0.2, 0.25) is 0 Å². The molecule has 20 heavy (non-hydrogen) atoms. The van der Waals surface area contributed by atoms with Crippen LogP contribution in [0.5, 0.6) is 0 Å². The molecule has 1 aliphatic rings. The molecule has 1 aliphatic carbocycles. The van der Waals surface area contributed by atoms with Crippen LogP contribution in [0.3, 0.4) is 0 Å². The summed E-state index contributed by atoms with van der Waals surface area (Å²) in [6, 6.07) is 5.47. The van der Waals surface area contributed by atoms with Gasteiger partial charge in [0.25, 0.3) is 5.91 Å². The number of anilines is 2. The van der Waals surface area contributed by atoms with Crippen molar-refractivity contribution in [1.29, 1.82) is 0 Å². The van der Waals surface area contributed by atoms with Gasteiger partial charge in [-0.25, -0.2) is 0 Å². The van der Waals surface area contributed by atoms with Crippen molar-refractivity contribution in [3.8, 4) is 0 Å². The highest BCUT2D eigenvalue weighted by molar-refractivity contribution is 5.94. The lowest BCUT2D eigenvalue weighted by Crippen LogP contribution is -2.32. The van der Waals surface area contributed by atoms with E-state index in [1.54, 1.807) is 6.07 Å². The molecule has 2 rings (SSSR count). The second-order valence-electron chi connectivity index (χ2n) is 5.60. The highest BCUT2D eigenvalue weighted by atomic mass is 16.5. The lowest BCUT2D eigenvalue weighted by atomic mass is 9.97. The Labute approximate surface area is 120 Å². The fourth-order valence-corrected chi connectivity index (χ4v) is 2.61. The number of ether oxygens (including phenoxy) is 1. The molecule has 110 valence electrons. The largest absolute Gasteiger partial charge is 0.399 e. The number of amides is 1. The van der Waals surface area contributed by atoms with Crippen molar-refractivity contribution in [3.63, 3.8) is 0 Å². The fraction of sp³-hybridized carbons (Fsp3) is 0.562. The first kappa shape index (κ1) is 14.9. The summed E-state index contributed by atoms with van der Waals surface area (Å²) in [6.07, 6.45) is 5.64. The van der Waals surface area contributed by atoms with Crippen LogP contribution >= 0.6 is 0 Å². The summed E-state index contributed by atoms with van der Waals surface area (Å²) >= 11 is 0. The summed E-state index contributed by atoms with van der Waals surface area (Å²) < 4.78 is 5.85. The minimum absolute atomic E-state index is 0.0940. The third kappa shape index (κ3) is 3.97. The van der Waals surface area contributed by atoms with Crippen molar-refractivity contribution < 1.29 is 9.53 Å². The van der Waals surface area contributed by atoms with Gasteiger partial charge in [-0.15, -0.1) is 0 Å². The van der Waals surface area contributed by atoms with Gasteiger partial charge in [0.1, 0.15) is 6.10 Å². The Bertz CT molecular complexity index is 468. The molecule has 1 aromatic rings. The van der Waals surface area contributed by atoms with Gasteiger partial charge in [-0.3, -0.25) is 4.79 Å². The molecule has 0 aliphatic heterocycles. The van der Waals surface area contributed by atoms with Gasteiger partial charge >= 0.3 is 0 Å². The van der Waals surface area contributed by atoms with Gasteiger partial charge in [0.05, 0.1) is 6.10 Å². The van der Waals surface area contributed by atoms with Gasteiger partial charge < -0.3 is 15.8 Å². The number of nitrogens with two attached hydrogens (primary N) is 1. The Kier molecular flexibility index (Phi) is 5.01. The van der Waals surface area contributed by atoms with E-state index in [-0.39, 0.29) is 12.0 Å². The molecule has 1 saturated carbocycles. The summed E-state index contributed by atoms with van der Waals surface area (Å²) in [5, 5.41) is 2.91. The Morgan fingerprint density at radius 2 is 2.05 bits per heavy atom. The number of nitrogens with one attached hydrogen (secondary N) is 1.